The maximum absolute atomic E-state index is 3.67. The molecule has 0 rings (SSSR count). The van der Waals surface area contributed by atoms with Gasteiger partial charge in [-0.2, -0.15) is 0 Å². The third-order valence-corrected chi connectivity index (χ3v) is 0.743. The van der Waals surface area contributed by atoms with E-state index in [1.807, 2.05) is 27.7 Å². The molecule has 0 aromatic carbocycles. The molecule has 0 aliphatic rings. The molecule has 0 radical (unpaired) electrons. The Kier molecular flexibility index (Phi) is 38.4. The monoisotopic (exact) mass is 142 g/mol. The molecule has 10 heavy (non-hydrogen) atoms. The van der Waals surface area contributed by atoms with E-state index in [1.165, 1.54) is 0 Å². The minimum atomic E-state index is 1.02. The lowest BCUT2D eigenvalue weighted by atomic mass is 10.2. The summed E-state index contributed by atoms with van der Waals surface area (Å²) in [6.07, 6.45) is 2.80. The van der Waals surface area contributed by atoms with Crippen LogP contribution >= 0.6 is 0 Å². The lowest BCUT2D eigenvalue weighted by Crippen LogP contribution is -1.62. The summed E-state index contributed by atoms with van der Waals surface area (Å²) in [5.41, 5.74) is 1.11. The van der Waals surface area contributed by atoms with E-state index in [9.17, 15) is 0 Å². The van der Waals surface area contributed by atoms with Gasteiger partial charge in [0.25, 0.3) is 0 Å². The lowest BCUT2D eigenvalue weighted by molar-refractivity contribution is 1.16. The van der Waals surface area contributed by atoms with Gasteiger partial charge in [-0.25, -0.2) is 0 Å². The van der Waals surface area contributed by atoms with Gasteiger partial charge in [0.15, 0.2) is 0 Å². The number of hydrogen-bond donors (Lipinski definition) is 0. The molecule has 0 aliphatic carbocycles. The van der Waals surface area contributed by atoms with Crippen LogP contribution < -0.4 is 0 Å². The first-order valence-electron chi connectivity index (χ1n) is 4.11. The molecule has 0 fully saturated rings. The minimum Gasteiger partial charge on any atom is -0.0988 e. The number of allylic oxidation sites excluding steroid dienone is 2. The fourth-order valence-corrected chi connectivity index (χ4v) is 0.144. The van der Waals surface area contributed by atoms with Crippen LogP contribution in [0.2, 0.25) is 0 Å². The van der Waals surface area contributed by atoms with Gasteiger partial charge in [-0.1, -0.05) is 59.4 Å². The maximum atomic E-state index is 3.67. The van der Waals surface area contributed by atoms with Crippen molar-refractivity contribution in [2.75, 3.05) is 0 Å². The Hall–Kier alpha value is -0.520. The zero-order chi connectivity index (χ0) is 8.99. The van der Waals surface area contributed by atoms with Crippen LogP contribution in [-0.4, -0.2) is 0 Å². The predicted molar refractivity (Wildman–Crippen MR) is 52.3 cm³/mol. The van der Waals surface area contributed by atoms with Crippen molar-refractivity contribution in [3.8, 4) is 0 Å². The van der Waals surface area contributed by atoms with E-state index in [4.69, 9.17) is 0 Å². The van der Waals surface area contributed by atoms with E-state index in [-0.39, 0.29) is 0 Å². The second-order valence-corrected chi connectivity index (χ2v) is 1.22. The van der Waals surface area contributed by atoms with E-state index in [2.05, 4.69) is 20.1 Å². The van der Waals surface area contributed by atoms with Crippen molar-refractivity contribution in [1.82, 2.24) is 0 Å². The molecule has 0 saturated carbocycles. The molecule has 0 aromatic rings. The maximum Gasteiger partial charge on any atom is -0.0314 e. The SMILES string of the molecule is C=CC(=C)CC.CC.CC. The molecule has 0 heterocycles. The molecular formula is C10H22. The summed E-state index contributed by atoms with van der Waals surface area (Å²) in [4.78, 5) is 0. The molecule has 0 amide bonds. The molecule has 0 heteroatoms. The average molecular weight is 142 g/mol. The molecule has 0 bridgehead atoms. The molecule has 0 N–H and O–H groups in total. The van der Waals surface area contributed by atoms with Gasteiger partial charge < -0.3 is 0 Å². The van der Waals surface area contributed by atoms with Crippen LogP contribution in [0.3, 0.4) is 0 Å². The van der Waals surface area contributed by atoms with Gasteiger partial charge in [-0.05, 0) is 6.42 Å². The molecule has 0 aliphatic heterocycles. The van der Waals surface area contributed by atoms with E-state index in [0.29, 0.717) is 0 Å². The summed E-state index contributed by atoms with van der Waals surface area (Å²) in [6, 6.07) is 0. The molecule has 0 nitrogen and oxygen atoms in total. The van der Waals surface area contributed by atoms with E-state index in [0.717, 1.165) is 12.0 Å². The molecular weight excluding hydrogens is 120 g/mol. The first-order chi connectivity index (χ1) is 4.81. The number of rotatable bonds is 2. The highest BCUT2D eigenvalue weighted by Crippen LogP contribution is 1.93. The van der Waals surface area contributed by atoms with Crippen LogP contribution in [0.1, 0.15) is 41.0 Å². The lowest BCUT2D eigenvalue weighted by Gasteiger charge is -1.83. The Bertz CT molecular complexity index is 60.4. The summed E-state index contributed by atoms with van der Waals surface area (Å²) in [5.74, 6) is 0. The highest BCUT2D eigenvalue weighted by Gasteiger charge is 1.72. The highest BCUT2D eigenvalue weighted by atomic mass is 13.8. The van der Waals surface area contributed by atoms with Gasteiger partial charge in [-0.15, -0.1) is 0 Å². The van der Waals surface area contributed by atoms with Gasteiger partial charge >= 0.3 is 0 Å². The fourth-order valence-electron chi connectivity index (χ4n) is 0.144. The predicted octanol–water partition coefficient (Wildman–Crippen LogP) is 4.19. The first kappa shape index (κ1) is 16.2. The topological polar surface area (TPSA) is 0 Å². The van der Waals surface area contributed by atoms with Crippen LogP contribution in [0, 0.1) is 0 Å². The summed E-state index contributed by atoms with van der Waals surface area (Å²) in [5, 5.41) is 0. The largest absolute Gasteiger partial charge is 0.0988 e. The van der Waals surface area contributed by atoms with Gasteiger partial charge in [0.1, 0.15) is 0 Å². The van der Waals surface area contributed by atoms with Crippen molar-refractivity contribution in [3.63, 3.8) is 0 Å². The van der Waals surface area contributed by atoms with Crippen LogP contribution in [0.25, 0.3) is 0 Å². The Balaban J connectivity index is -0.000000105. The Morgan fingerprint density at radius 2 is 1.50 bits per heavy atom. The Morgan fingerprint density at radius 1 is 1.20 bits per heavy atom. The zero-order valence-corrected chi connectivity index (χ0v) is 8.20. The minimum absolute atomic E-state index is 1.02. The van der Waals surface area contributed by atoms with Crippen LogP contribution in [0.15, 0.2) is 24.8 Å². The fraction of sp³-hybridized carbons (Fsp3) is 0.600. The molecule has 0 unspecified atom stereocenters. The van der Waals surface area contributed by atoms with Gasteiger partial charge in [0, 0.05) is 0 Å². The van der Waals surface area contributed by atoms with Gasteiger partial charge in [-0.3, -0.25) is 0 Å². The third kappa shape index (κ3) is 25.9. The van der Waals surface area contributed by atoms with E-state index in [1.54, 1.807) is 6.08 Å². The smallest absolute Gasteiger partial charge is 0.0314 e. The van der Waals surface area contributed by atoms with Gasteiger partial charge in [0.2, 0.25) is 0 Å². The highest BCUT2D eigenvalue weighted by molar-refractivity contribution is 5.09. The zero-order valence-electron chi connectivity index (χ0n) is 8.20. The van der Waals surface area contributed by atoms with Crippen molar-refractivity contribution < 1.29 is 0 Å². The first-order valence-corrected chi connectivity index (χ1v) is 4.11. The Labute approximate surface area is 66.7 Å². The average Bonchev–Trinajstić information content (AvgIpc) is 2.10. The van der Waals surface area contributed by atoms with Crippen LogP contribution in [0.5, 0.6) is 0 Å². The summed E-state index contributed by atoms with van der Waals surface area (Å²) in [7, 11) is 0. The summed E-state index contributed by atoms with van der Waals surface area (Å²) in [6.45, 7) is 17.3. The quantitative estimate of drug-likeness (QED) is 0.507. The molecule has 0 saturated heterocycles. The molecule has 0 atom stereocenters. The second-order valence-electron chi connectivity index (χ2n) is 1.22. The van der Waals surface area contributed by atoms with Gasteiger partial charge in [0.05, 0.1) is 0 Å². The van der Waals surface area contributed by atoms with Crippen LogP contribution in [0.4, 0.5) is 0 Å². The van der Waals surface area contributed by atoms with Crippen molar-refractivity contribution in [1.29, 1.82) is 0 Å². The Morgan fingerprint density at radius 3 is 1.50 bits per heavy atom. The third-order valence-electron chi connectivity index (χ3n) is 0.743. The number of hydrogen-bond acceptors (Lipinski definition) is 0. The summed E-state index contributed by atoms with van der Waals surface area (Å²) < 4.78 is 0. The van der Waals surface area contributed by atoms with E-state index >= 15 is 0 Å². The molecule has 0 spiro atoms. The van der Waals surface area contributed by atoms with Crippen molar-refractivity contribution in [2.24, 2.45) is 0 Å². The van der Waals surface area contributed by atoms with Crippen molar-refractivity contribution >= 4 is 0 Å². The van der Waals surface area contributed by atoms with Crippen LogP contribution in [-0.2, 0) is 0 Å². The molecule has 0 aromatic heterocycles. The second kappa shape index (κ2) is 23.6. The van der Waals surface area contributed by atoms with E-state index < -0.39 is 0 Å². The standard InChI is InChI=1S/C6H10.2C2H6/c1-4-6(3)5-2;2*1-2/h4H,1,3,5H2,2H3;2*1-2H3. The van der Waals surface area contributed by atoms with Crippen molar-refractivity contribution in [3.05, 3.63) is 24.8 Å². The van der Waals surface area contributed by atoms with Crippen molar-refractivity contribution in [2.45, 2.75) is 41.0 Å². The normalized spacial score (nSPS) is 5.70. The molecule has 62 valence electrons. The summed E-state index contributed by atoms with van der Waals surface area (Å²) >= 11 is 0.